The monoisotopic (exact) mass is 370 g/mol. The predicted molar refractivity (Wildman–Crippen MR) is 70.1 cm³/mol. The molecular formula is C12H7BrClF3O3. The lowest BCUT2D eigenvalue weighted by molar-refractivity contribution is -0.139. The van der Waals surface area contributed by atoms with E-state index in [1.54, 1.807) is 0 Å². The molecule has 1 unspecified atom stereocenters. The lowest BCUT2D eigenvalue weighted by Crippen LogP contribution is -2.44. The summed E-state index contributed by atoms with van der Waals surface area (Å²) < 4.78 is 44.9. The van der Waals surface area contributed by atoms with Crippen LogP contribution in [0.1, 0.15) is 5.56 Å². The van der Waals surface area contributed by atoms with Crippen LogP contribution in [0.25, 0.3) is 6.08 Å². The van der Waals surface area contributed by atoms with Crippen molar-refractivity contribution in [1.29, 1.82) is 0 Å². The van der Waals surface area contributed by atoms with Crippen LogP contribution in [0.3, 0.4) is 0 Å². The fourth-order valence-electron chi connectivity index (χ4n) is 1.79. The maximum absolute atomic E-state index is 13.5. The van der Waals surface area contributed by atoms with Crippen molar-refractivity contribution in [3.05, 3.63) is 32.8 Å². The average molecular weight is 372 g/mol. The molecule has 0 aliphatic carbocycles. The number of halogens is 5. The minimum atomic E-state index is -3.96. The minimum Gasteiger partial charge on any atom is -0.478 e. The number of rotatable bonds is 3. The molecule has 2 rings (SSSR count). The van der Waals surface area contributed by atoms with Gasteiger partial charge in [-0.1, -0.05) is 27.5 Å². The number of carbonyl (C=O) groups is 1. The van der Waals surface area contributed by atoms with E-state index < -0.39 is 30.2 Å². The van der Waals surface area contributed by atoms with Crippen molar-refractivity contribution in [2.45, 2.75) is 12.0 Å². The summed E-state index contributed by atoms with van der Waals surface area (Å²) in [6.45, 7) is -2.04. The van der Waals surface area contributed by atoms with Gasteiger partial charge >= 0.3 is 11.9 Å². The van der Waals surface area contributed by atoms with Crippen molar-refractivity contribution in [3.8, 4) is 5.75 Å². The summed E-state index contributed by atoms with van der Waals surface area (Å²) in [5.74, 6) is -5.67. The van der Waals surface area contributed by atoms with Crippen molar-refractivity contribution >= 4 is 39.6 Å². The van der Waals surface area contributed by atoms with Gasteiger partial charge in [0, 0.05) is 10.0 Å². The quantitative estimate of drug-likeness (QED) is 0.875. The molecule has 0 saturated heterocycles. The molecule has 20 heavy (non-hydrogen) atoms. The van der Waals surface area contributed by atoms with Gasteiger partial charge in [-0.15, -0.1) is 0 Å². The molecule has 1 atom stereocenters. The topological polar surface area (TPSA) is 46.5 Å². The Morgan fingerprint density at radius 1 is 1.50 bits per heavy atom. The smallest absolute Gasteiger partial charge is 0.335 e. The first-order valence-corrected chi connectivity index (χ1v) is 6.47. The number of hydrogen-bond donors (Lipinski definition) is 1. The Kier molecular flexibility index (Phi) is 4.02. The summed E-state index contributed by atoms with van der Waals surface area (Å²) in [6, 6.07) is 2.87. The maximum atomic E-state index is 13.5. The predicted octanol–water partition coefficient (Wildman–Crippen LogP) is 3.94. The molecule has 0 spiro atoms. The Bertz CT molecular complexity index is 604. The third-order valence-electron chi connectivity index (χ3n) is 2.67. The number of aliphatic carboxylic acids is 1. The molecule has 0 fully saturated rings. The lowest BCUT2D eigenvalue weighted by atomic mass is 9.98. The zero-order valence-electron chi connectivity index (χ0n) is 9.67. The van der Waals surface area contributed by atoms with Gasteiger partial charge in [-0.3, -0.25) is 0 Å². The molecule has 8 heteroatoms. The molecule has 1 N–H and O–H groups in total. The Hall–Kier alpha value is -1.21. The molecule has 1 heterocycles. The van der Waals surface area contributed by atoms with E-state index in [0.29, 0.717) is 4.47 Å². The number of fused-ring (bicyclic) bond motifs is 1. The summed E-state index contributed by atoms with van der Waals surface area (Å²) in [5.41, 5.74) is -0.498. The van der Waals surface area contributed by atoms with Crippen LogP contribution in [-0.4, -0.2) is 29.8 Å². The molecule has 108 valence electrons. The van der Waals surface area contributed by atoms with Crippen molar-refractivity contribution in [2.75, 3.05) is 6.67 Å². The summed E-state index contributed by atoms with van der Waals surface area (Å²) in [4.78, 5) is 11.1. The maximum Gasteiger partial charge on any atom is 0.335 e. The molecule has 0 radical (unpaired) electrons. The molecule has 1 aliphatic rings. The van der Waals surface area contributed by atoms with E-state index in [1.165, 1.54) is 12.1 Å². The largest absolute Gasteiger partial charge is 0.478 e. The van der Waals surface area contributed by atoms with Gasteiger partial charge in [-0.25, -0.2) is 9.18 Å². The SMILES string of the molecule is O=C(O)C1=Cc2cc(Br)cc(Cl)c2OC1C(F)(F)CF. The number of ether oxygens (including phenoxy) is 1. The summed E-state index contributed by atoms with van der Waals surface area (Å²) >= 11 is 9.00. The molecule has 3 nitrogen and oxygen atoms in total. The van der Waals surface area contributed by atoms with Crippen LogP contribution in [0.5, 0.6) is 5.75 Å². The Morgan fingerprint density at radius 3 is 2.70 bits per heavy atom. The van der Waals surface area contributed by atoms with Crippen LogP contribution < -0.4 is 4.74 Å². The van der Waals surface area contributed by atoms with Gasteiger partial charge in [0.25, 0.3) is 0 Å². The van der Waals surface area contributed by atoms with E-state index in [-0.39, 0.29) is 16.3 Å². The molecular weight excluding hydrogens is 364 g/mol. The van der Waals surface area contributed by atoms with Gasteiger partial charge in [-0.2, -0.15) is 8.78 Å². The molecule has 0 amide bonds. The van der Waals surface area contributed by atoms with E-state index in [9.17, 15) is 18.0 Å². The zero-order chi connectivity index (χ0) is 15.1. The van der Waals surface area contributed by atoms with Crippen LogP contribution in [0.15, 0.2) is 22.2 Å². The number of benzene rings is 1. The number of alkyl halides is 3. The Morgan fingerprint density at radius 2 is 2.15 bits per heavy atom. The second-order valence-electron chi connectivity index (χ2n) is 4.10. The van der Waals surface area contributed by atoms with Gasteiger partial charge in [0.05, 0.1) is 10.6 Å². The molecule has 1 aromatic rings. The first kappa shape index (κ1) is 15.2. The van der Waals surface area contributed by atoms with Gasteiger partial charge in [0.15, 0.2) is 12.8 Å². The summed E-state index contributed by atoms with van der Waals surface area (Å²) in [5, 5.41) is 9.01. The minimum absolute atomic E-state index is 0.0229. The standard InChI is InChI=1S/C12H7BrClF3O3/c13-6-1-5-2-7(11(18)19)10(12(16,17)4-15)20-9(5)8(14)3-6/h1-3,10H,4H2,(H,18,19). The summed E-state index contributed by atoms with van der Waals surface area (Å²) in [7, 11) is 0. The number of carboxylic acids is 1. The van der Waals surface area contributed by atoms with E-state index in [2.05, 4.69) is 15.9 Å². The van der Waals surface area contributed by atoms with Crippen LogP contribution in [0, 0.1) is 0 Å². The van der Waals surface area contributed by atoms with E-state index in [0.717, 1.165) is 6.08 Å². The Labute approximate surface area is 125 Å². The van der Waals surface area contributed by atoms with Crippen molar-refractivity contribution in [2.24, 2.45) is 0 Å². The van der Waals surface area contributed by atoms with E-state index in [4.69, 9.17) is 21.4 Å². The fourth-order valence-corrected chi connectivity index (χ4v) is 2.67. The second kappa shape index (κ2) is 5.29. The van der Waals surface area contributed by atoms with Crippen molar-refractivity contribution in [1.82, 2.24) is 0 Å². The highest BCUT2D eigenvalue weighted by atomic mass is 79.9. The number of carboxylic acid groups (broad SMARTS) is 1. The molecule has 1 aromatic carbocycles. The Balaban J connectivity index is 2.59. The third kappa shape index (κ3) is 2.64. The fraction of sp³-hybridized carbons (Fsp3) is 0.250. The van der Waals surface area contributed by atoms with Crippen molar-refractivity contribution < 1.29 is 27.8 Å². The van der Waals surface area contributed by atoms with Crippen LogP contribution >= 0.6 is 27.5 Å². The molecule has 0 saturated carbocycles. The van der Waals surface area contributed by atoms with Crippen LogP contribution in [0.2, 0.25) is 5.02 Å². The van der Waals surface area contributed by atoms with E-state index in [1.807, 2.05) is 0 Å². The number of hydrogen-bond acceptors (Lipinski definition) is 2. The third-order valence-corrected chi connectivity index (χ3v) is 3.41. The normalized spacial score (nSPS) is 18.1. The molecule has 1 aliphatic heterocycles. The van der Waals surface area contributed by atoms with Crippen molar-refractivity contribution in [3.63, 3.8) is 0 Å². The highest BCUT2D eigenvalue weighted by Crippen LogP contribution is 2.42. The van der Waals surface area contributed by atoms with Gasteiger partial charge in [0.1, 0.15) is 5.75 Å². The average Bonchev–Trinajstić information content (AvgIpc) is 2.37. The summed E-state index contributed by atoms with van der Waals surface area (Å²) in [6.07, 6.45) is -1.22. The first-order valence-electron chi connectivity index (χ1n) is 5.30. The van der Waals surface area contributed by atoms with Gasteiger partial charge in [0.2, 0.25) is 0 Å². The van der Waals surface area contributed by atoms with Crippen LogP contribution in [0.4, 0.5) is 13.2 Å². The zero-order valence-corrected chi connectivity index (χ0v) is 12.0. The second-order valence-corrected chi connectivity index (χ2v) is 5.43. The molecule has 0 bridgehead atoms. The molecule has 0 aromatic heterocycles. The van der Waals surface area contributed by atoms with E-state index >= 15 is 0 Å². The first-order chi connectivity index (χ1) is 9.26. The highest BCUT2D eigenvalue weighted by Gasteiger charge is 2.48. The van der Waals surface area contributed by atoms with Gasteiger partial charge < -0.3 is 9.84 Å². The lowest BCUT2D eigenvalue weighted by Gasteiger charge is -2.30. The van der Waals surface area contributed by atoms with Crippen LogP contribution in [-0.2, 0) is 4.79 Å². The van der Waals surface area contributed by atoms with Gasteiger partial charge in [-0.05, 0) is 18.2 Å². The highest BCUT2D eigenvalue weighted by molar-refractivity contribution is 9.10.